The van der Waals surface area contributed by atoms with E-state index in [1.54, 1.807) is 0 Å². The molecular weight excluding hydrogens is 216 g/mol. The van der Waals surface area contributed by atoms with Crippen molar-refractivity contribution in [2.45, 2.75) is 25.8 Å². The molecule has 0 spiro atoms. The van der Waals surface area contributed by atoms with Gasteiger partial charge in [-0.25, -0.2) is 13.6 Å². The Balaban J connectivity index is 2.85. The third kappa shape index (κ3) is 2.92. The highest BCUT2D eigenvalue weighted by molar-refractivity contribution is 5.77. The van der Waals surface area contributed by atoms with Crippen molar-refractivity contribution in [3.8, 4) is 0 Å². The van der Waals surface area contributed by atoms with E-state index in [4.69, 9.17) is 5.11 Å². The van der Waals surface area contributed by atoms with Crippen LogP contribution in [0.2, 0.25) is 0 Å². The summed E-state index contributed by atoms with van der Waals surface area (Å²) in [5.41, 5.74) is -0.124. The van der Waals surface area contributed by atoms with Gasteiger partial charge in [0, 0.05) is 0 Å². The van der Waals surface area contributed by atoms with Gasteiger partial charge in [0.05, 0.1) is 5.69 Å². The molecule has 2 N–H and O–H groups in total. The molecular formula is C11H13F2NO2. The first-order valence-electron chi connectivity index (χ1n) is 4.99. The number of halogens is 2. The van der Waals surface area contributed by atoms with Gasteiger partial charge in [0.2, 0.25) is 0 Å². The summed E-state index contributed by atoms with van der Waals surface area (Å²) in [5, 5.41) is 11.3. The first kappa shape index (κ1) is 12.4. The van der Waals surface area contributed by atoms with E-state index in [0.717, 1.165) is 6.07 Å². The van der Waals surface area contributed by atoms with Gasteiger partial charge in [0.15, 0.2) is 11.6 Å². The van der Waals surface area contributed by atoms with Crippen LogP contribution in [0.4, 0.5) is 14.5 Å². The number of rotatable bonds is 5. The second kappa shape index (κ2) is 5.44. The molecule has 1 rings (SSSR count). The molecule has 0 aliphatic carbocycles. The second-order valence-corrected chi connectivity index (χ2v) is 3.43. The third-order valence-corrected chi connectivity index (χ3v) is 2.16. The van der Waals surface area contributed by atoms with E-state index in [-0.39, 0.29) is 5.69 Å². The van der Waals surface area contributed by atoms with Crippen molar-refractivity contribution in [1.29, 1.82) is 0 Å². The van der Waals surface area contributed by atoms with E-state index in [0.29, 0.717) is 12.8 Å². The van der Waals surface area contributed by atoms with E-state index >= 15 is 0 Å². The van der Waals surface area contributed by atoms with Gasteiger partial charge in [-0.05, 0) is 18.6 Å². The van der Waals surface area contributed by atoms with Gasteiger partial charge in [-0.15, -0.1) is 0 Å². The average Bonchev–Trinajstić information content (AvgIpc) is 2.23. The van der Waals surface area contributed by atoms with Gasteiger partial charge in [-0.3, -0.25) is 0 Å². The van der Waals surface area contributed by atoms with E-state index in [2.05, 4.69) is 5.32 Å². The lowest BCUT2D eigenvalue weighted by atomic mass is 10.1. The predicted molar refractivity (Wildman–Crippen MR) is 56.3 cm³/mol. The lowest BCUT2D eigenvalue weighted by Gasteiger charge is -2.15. The molecule has 88 valence electrons. The Morgan fingerprint density at radius 1 is 1.50 bits per heavy atom. The number of carbonyl (C=O) groups is 1. The van der Waals surface area contributed by atoms with Crippen LogP contribution in [0.15, 0.2) is 18.2 Å². The zero-order valence-electron chi connectivity index (χ0n) is 8.84. The Morgan fingerprint density at radius 2 is 2.19 bits per heavy atom. The Labute approximate surface area is 92.1 Å². The number of benzene rings is 1. The molecule has 0 saturated carbocycles. The van der Waals surface area contributed by atoms with Crippen molar-refractivity contribution < 1.29 is 18.7 Å². The molecule has 0 aliphatic heterocycles. The number of hydrogen-bond acceptors (Lipinski definition) is 2. The molecule has 1 atom stereocenters. The molecule has 0 radical (unpaired) electrons. The quantitative estimate of drug-likeness (QED) is 0.816. The fraction of sp³-hybridized carbons (Fsp3) is 0.364. The monoisotopic (exact) mass is 229 g/mol. The molecule has 0 amide bonds. The fourth-order valence-electron chi connectivity index (χ4n) is 1.35. The molecule has 1 aromatic rings. The highest BCUT2D eigenvalue weighted by Crippen LogP contribution is 2.18. The van der Waals surface area contributed by atoms with Gasteiger partial charge >= 0.3 is 5.97 Å². The van der Waals surface area contributed by atoms with E-state index < -0.39 is 23.6 Å². The lowest BCUT2D eigenvalue weighted by molar-refractivity contribution is -0.138. The number of anilines is 1. The Bertz CT molecular complexity index is 382. The van der Waals surface area contributed by atoms with Crippen molar-refractivity contribution in [2.24, 2.45) is 0 Å². The van der Waals surface area contributed by atoms with E-state index in [9.17, 15) is 13.6 Å². The molecule has 0 heterocycles. The molecule has 1 aromatic carbocycles. The van der Waals surface area contributed by atoms with Gasteiger partial charge in [0.1, 0.15) is 6.04 Å². The van der Waals surface area contributed by atoms with Crippen LogP contribution in [-0.2, 0) is 4.79 Å². The van der Waals surface area contributed by atoms with Crippen molar-refractivity contribution in [2.75, 3.05) is 5.32 Å². The van der Waals surface area contributed by atoms with E-state index in [1.165, 1.54) is 12.1 Å². The maximum Gasteiger partial charge on any atom is 0.326 e. The molecule has 0 saturated heterocycles. The standard InChI is InChI=1S/C11H13F2NO2/c1-2-4-9(11(15)16)14-8-6-3-5-7(12)10(8)13/h3,5-6,9,14H,2,4H2,1H3,(H,15,16). The van der Waals surface area contributed by atoms with Gasteiger partial charge < -0.3 is 10.4 Å². The highest BCUT2D eigenvalue weighted by atomic mass is 19.2. The van der Waals surface area contributed by atoms with Crippen LogP contribution >= 0.6 is 0 Å². The lowest BCUT2D eigenvalue weighted by Crippen LogP contribution is -2.29. The zero-order valence-corrected chi connectivity index (χ0v) is 8.84. The predicted octanol–water partition coefficient (Wildman–Crippen LogP) is 2.63. The van der Waals surface area contributed by atoms with Crippen LogP contribution in [0.1, 0.15) is 19.8 Å². The maximum atomic E-state index is 13.2. The van der Waals surface area contributed by atoms with Gasteiger partial charge in [-0.1, -0.05) is 19.4 Å². The minimum atomic E-state index is -1.08. The summed E-state index contributed by atoms with van der Waals surface area (Å²) in [4.78, 5) is 10.8. The minimum Gasteiger partial charge on any atom is -0.480 e. The van der Waals surface area contributed by atoms with Crippen LogP contribution in [0.5, 0.6) is 0 Å². The maximum absolute atomic E-state index is 13.2. The first-order valence-corrected chi connectivity index (χ1v) is 4.99. The summed E-state index contributed by atoms with van der Waals surface area (Å²) in [6.45, 7) is 1.82. The van der Waals surface area contributed by atoms with E-state index in [1.807, 2.05) is 6.92 Å². The Hall–Kier alpha value is -1.65. The normalized spacial score (nSPS) is 12.2. The highest BCUT2D eigenvalue weighted by Gasteiger charge is 2.18. The molecule has 1 unspecified atom stereocenters. The SMILES string of the molecule is CCCC(Nc1cccc(F)c1F)C(=O)O. The summed E-state index contributed by atoms with van der Waals surface area (Å²) in [6.07, 6.45) is 0.992. The van der Waals surface area contributed by atoms with Crippen molar-refractivity contribution in [3.63, 3.8) is 0 Å². The topological polar surface area (TPSA) is 49.3 Å². The van der Waals surface area contributed by atoms with Crippen molar-refractivity contribution in [1.82, 2.24) is 0 Å². The average molecular weight is 229 g/mol. The number of aliphatic carboxylic acids is 1. The Kier molecular flexibility index (Phi) is 4.22. The molecule has 0 bridgehead atoms. The smallest absolute Gasteiger partial charge is 0.326 e. The number of carboxylic acid groups (broad SMARTS) is 1. The van der Waals surface area contributed by atoms with Crippen LogP contribution in [0.3, 0.4) is 0 Å². The largest absolute Gasteiger partial charge is 0.480 e. The van der Waals surface area contributed by atoms with Crippen LogP contribution in [-0.4, -0.2) is 17.1 Å². The number of carboxylic acids is 1. The minimum absolute atomic E-state index is 0.124. The number of hydrogen-bond donors (Lipinski definition) is 2. The molecule has 0 aromatic heterocycles. The fourth-order valence-corrected chi connectivity index (χ4v) is 1.35. The molecule has 0 fully saturated rings. The summed E-state index contributed by atoms with van der Waals surface area (Å²) in [6, 6.07) is 2.72. The van der Waals surface area contributed by atoms with Crippen molar-refractivity contribution in [3.05, 3.63) is 29.8 Å². The van der Waals surface area contributed by atoms with Crippen LogP contribution in [0.25, 0.3) is 0 Å². The van der Waals surface area contributed by atoms with Crippen LogP contribution < -0.4 is 5.32 Å². The molecule has 3 nitrogen and oxygen atoms in total. The van der Waals surface area contributed by atoms with Crippen molar-refractivity contribution >= 4 is 11.7 Å². The molecule has 0 aliphatic rings. The second-order valence-electron chi connectivity index (χ2n) is 3.43. The summed E-state index contributed by atoms with van der Waals surface area (Å²) in [7, 11) is 0. The molecule has 5 heteroatoms. The van der Waals surface area contributed by atoms with Gasteiger partial charge in [-0.2, -0.15) is 0 Å². The summed E-state index contributed by atoms with van der Waals surface area (Å²) in [5.74, 6) is -3.12. The first-order chi connectivity index (χ1) is 7.56. The third-order valence-electron chi connectivity index (χ3n) is 2.16. The summed E-state index contributed by atoms with van der Waals surface area (Å²) < 4.78 is 26.1. The summed E-state index contributed by atoms with van der Waals surface area (Å²) >= 11 is 0. The van der Waals surface area contributed by atoms with Crippen LogP contribution in [0, 0.1) is 11.6 Å². The molecule has 16 heavy (non-hydrogen) atoms. The Morgan fingerprint density at radius 3 is 2.75 bits per heavy atom. The van der Waals surface area contributed by atoms with Gasteiger partial charge in [0.25, 0.3) is 0 Å². The number of nitrogens with one attached hydrogen (secondary N) is 1. The zero-order chi connectivity index (χ0) is 12.1.